The quantitative estimate of drug-likeness (QED) is 0.812. The monoisotopic (exact) mass is 259 g/mol. The first-order chi connectivity index (χ1) is 8.99. The minimum atomic E-state index is -0.350. The lowest BCUT2D eigenvalue weighted by Gasteiger charge is -2.18. The number of benzene rings is 2. The molecular formula is C14H14FN3O. The highest BCUT2D eigenvalue weighted by atomic mass is 19.1. The SMILES string of the molecule is CN(C(=O)c1ccc(N)cc1N)c1ccc(F)cc1. The average Bonchev–Trinajstić information content (AvgIpc) is 2.38. The van der Waals surface area contributed by atoms with Crippen molar-refractivity contribution in [2.75, 3.05) is 23.4 Å². The molecule has 0 saturated heterocycles. The van der Waals surface area contributed by atoms with Crippen LogP contribution in [0.15, 0.2) is 42.5 Å². The molecule has 0 aliphatic heterocycles. The maximum absolute atomic E-state index is 12.8. The van der Waals surface area contributed by atoms with Crippen molar-refractivity contribution < 1.29 is 9.18 Å². The molecule has 4 N–H and O–H groups in total. The Morgan fingerprint density at radius 1 is 1.11 bits per heavy atom. The van der Waals surface area contributed by atoms with Crippen LogP contribution in [0.3, 0.4) is 0 Å². The van der Waals surface area contributed by atoms with Gasteiger partial charge in [0.25, 0.3) is 5.91 Å². The fourth-order valence-corrected chi connectivity index (χ4v) is 1.74. The van der Waals surface area contributed by atoms with Crippen molar-refractivity contribution >= 4 is 23.0 Å². The molecule has 0 fully saturated rings. The maximum Gasteiger partial charge on any atom is 0.260 e. The molecule has 5 heteroatoms. The van der Waals surface area contributed by atoms with Gasteiger partial charge in [-0.3, -0.25) is 4.79 Å². The van der Waals surface area contributed by atoms with E-state index in [1.54, 1.807) is 19.2 Å². The Labute approximate surface area is 110 Å². The molecule has 1 amide bonds. The second-order valence-corrected chi connectivity index (χ2v) is 4.19. The summed E-state index contributed by atoms with van der Waals surface area (Å²) in [6, 6.07) is 10.4. The highest BCUT2D eigenvalue weighted by molar-refractivity contribution is 6.09. The van der Waals surface area contributed by atoms with Crippen LogP contribution >= 0.6 is 0 Å². The number of rotatable bonds is 2. The first kappa shape index (κ1) is 12.9. The summed E-state index contributed by atoms with van der Waals surface area (Å²) in [6.45, 7) is 0. The predicted octanol–water partition coefficient (Wildman–Crippen LogP) is 2.27. The first-order valence-electron chi connectivity index (χ1n) is 5.67. The minimum absolute atomic E-state index is 0.274. The second-order valence-electron chi connectivity index (χ2n) is 4.19. The summed E-state index contributed by atoms with van der Waals surface area (Å²) in [5, 5.41) is 0. The Morgan fingerprint density at radius 2 is 1.74 bits per heavy atom. The summed E-state index contributed by atoms with van der Waals surface area (Å²) in [4.78, 5) is 13.7. The third-order valence-corrected chi connectivity index (χ3v) is 2.82. The Balaban J connectivity index is 2.30. The van der Waals surface area contributed by atoms with Crippen LogP contribution in [0.4, 0.5) is 21.5 Å². The number of carbonyl (C=O) groups is 1. The number of nitrogens with zero attached hydrogens (tertiary/aromatic N) is 1. The van der Waals surface area contributed by atoms with Gasteiger partial charge in [0.2, 0.25) is 0 Å². The lowest BCUT2D eigenvalue weighted by molar-refractivity contribution is 0.0994. The van der Waals surface area contributed by atoms with Crippen molar-refractivity contribution in [2.24, 2.45) is 0 Å². The molecule has 0 bridgehead atoms. The number of nitrogen functional groups attached to an aromatic ring is 2. The van der Waals surface area contributed by atoms with E-state index in [0.717, 1.165) is 0 Å². The number of amides is 1. The molecule has 0 saturated carbocycles. The maximum atomic E-state index is 12.8. The van der Waals surface area contributed by atoms with Gasteiger partial charge in [-0.1, -0.05) is 0 Å². The van der Waals surface area contributed by atoms with E-state index in [1.165, 1.54) is 35.2 Å². The Morgan fingerprint density at radius 3 is 2.32 bits per heavy atom. The molecule has 2 aromatic rings. The molecule has 0 aliphatic rings. The Hall–Kier alpha value is -2.56. The minimum Gasteiger partial charge on any atom is -0.399 e. The molecule has 19 heavy (non-hydrogen) atoms. The molecular weight excluding hydrogens is 245 g/mol. The second kappa shape index (κ2) is 4.97. The van der Waals surface area contributed by atoms with Crippen molar-refractivity contribution in [1.82, 2.24) is 0 Å². The van der Waals surface area contributed by atoms with Crippen LogP contribution in [0.2, 0.25) is 0 Å². The molecule has 4 nitrogen and oxygen atoms in total. The van der Waals surface area contributed by atoms with Crippen molar-refractivity contribution in [3.63, 3.8) is 0 Å². The molecule has 0 atom stereocenters. The summed E-state index contributed by atoms with van der Waals surface area (Å²) < 4.78 is 12.8. The predicted molar refractivity (Wildman–Crippen MR) is 74.4 cm³/mol. The van der Waals surface area contributed by atoms with E-state index < -0.39 is 0 Å². The molecule has 98 valence electrons. The standard InChI is InChI=1S/C14H14FN3O/c1-18(11-5-2-9(15)3-6-11)14(19)12-7-4-10(16)8-13(12)17/h2-8H,16-17H2,1H3. The summed E-state index contributed by atoms with van der Waals surface area (Å²) in [5.74, 6) is -0.624. The van der Waals surface area contributed by atoms with Gasteiger partial charge < -0.3 is 16.4 Å². The third-order valence-electron chi connectivity index (χ3n) is 2.82. The molecule has 0 heterocycles. The number of halogens is 1. The van der Waals surface area contributed by atoms with Gasteiger partial charge in [0.05, 0.1) is 5.56 Å². The van der Waals surface area contributed by atoms with Crippen molar-refractivity contribution in [3.8, 4) is 0 Å². The van der Waals surface area contributed by atoms with Crippen molar-refractivity contribution in [2.45, 2.75) is 0 Å². The van der Waals surface area contributed by atoms with Crippen LogP contribution in [0, 0.1) is 5.82 Å². The largest absolute Gasteiger partial charge is 0.399 e. The summed E-state index contributed by atoms with van der Waals surface area (Å²) in [6.07, 6.45) is 0. The number of hydrogen-bond acceptors (Lipinski definition) is 3. The highest BCUT2D eigenvalue weighted by Crippen LogP contribution is 2.21. The van der Waals surface area contributed by atoms with Gasteiger partial charge in [-0.05, 0) is 42.5 Å². The molecule has 2 rings (SSSR count). The number of hydrogen-bond donors (Lipinski definition) is 2. The van der Waals surface area contributed by atoms with Gasteiger partial charge in [-0.15, -0.1) is 0 Å². The fourth-order valence-electron chi connectivity index (χ4n) is 1.74. The molecule has 2 aromatic carbocycles. The lowest BCUT2D eigenvalue weighted by atomic mass is 10.1. The summed E-state index contributed by atoms with van der Waals surface area (Å²) in [7, 11) is 1.60. The van der Waals surface area contributed by atoms with Crippen LogP contribution in [0.5, 0.6) is 0 Å². The zero-order valence-electron chi connectivity index (χ0n) is 10.4. The van der Waals surface area contributed by atoms with Gasteiger partial charge in [-0.2, -0.15) is 0 Å². The zero-order valence-corrected chi connectivity index (χ0v) is 10.4. The molecule has 0 spiro atoms. The molecule has 0 unspecified atom stereocenters. The van der Waals surface area contributed by atoms with Gasteiger partial charge in [0, 0.05) is 24.1 Å². The molecule has 0 radical (unpaired) electrons. The van der Waals surface area contributed by atoms with Gasteiger partial charge in [0.1, 0.15) is 5.82 Å². The van der Waals surface area contributed by atoms with Crippen LogP contribution in [-0.2, 0) is 0 Å². The molecule has 0 aromatic heterocycles. The Kier molecular flexibility index (Phi) is 3.37. The first-order valence-corrected chi connectivity index (χ1v) is 5.67. The van der Waals surface area contributed by atoms with Crippen molar-refractivity contribution in [3.05, 3.63) is 53.8 Å². The Bertz CT molecular complexity index is 611. The van der Waals surface area contributed by atoms with E-state index >= 15 is 0 Å². The van der Waals surface area contributed by atoms with E-state index in [2.05, 4.69) is 0 Å². The van der Waals surface area contributed by atoms with E-state index in [9.17, 15) is 9.18 Å². The topological polar surface area (TPSA) is 72.3 Å². The lowest BCUT2D eigenvalue weighted by Crippen LogP contribution is -2.27. The van der Waals surface area contributed by atoms with E-state index in [-0.39, 0.29) is 11.7 Å². The van der Waals surface area contributed by atoms with E-state index in [4.69, 9.17) is 11.5 Å². The van der Waals surface area contributed by atoms with Gasteiger partial charge >= 0.3 is 0 Å². The summed E-state index contributed by atoms with van der Waals surface area (Å²) >= 11 is 0. The van der Waals surface area contributed by atoms with Gasteiger partial charge in [-0.25, -0.2) is 4.39 Å². The van der Waals surface area contributed by atoms with Crippen LogP contribution in [-0.4, -0.2) is 13.0 Å². The normalized spacial score (nSPS) is 10.2. The van der Waals surface area contributed by atoms with Crippen LogP contribution < -0.4 is 16.4 Å². The highest BCUT2D eigenvalue weighted by Gasteiger charge is 2.16. The molecule has 0 aliphatic carbocycles. The van der Waals surface area contributed by atoms with Crippen LogP contribution in [0.25, 0.3) is 0 Å². The van der Waals surface area contributed by atoms with E-state index in [0.29, 0.717) is 22.6 Å². The van der Waals surface area contributed by atoms with Crippen molar-refractivity contribution in [1.29, 1.82) is 0 Å². The number of anilines is 3. The third kappa shape index (κ3) is 2.65. The van der Waals surface area contributed by atoms with Crippen LogP contribution in [0.1, 0.15) is 10.4 Å². The van der Waals surface area contributed by atoms with Gasteiger partial charge in [0.15, 0.2) is 0 Å². The van der Waals surface area contributed by atoms with E-state index in [1.807, 2.05) is 0 Å². The zero-order chi connectivity index (χ0) is 14.0. The summed E-state index contributed by atoms with van der Waals surface area (Å²) in [5.41, 5.74) is 13.1. The number of nitrogens with two attached hydrogens (primary N) is 2. The average molecular weight is 259 g/mol. The fraction of sp³-hybridized carbons (Fsp3) is 0.0714. The number of carbonyl (C=O) groups excluding carboxylic acids is 1. The smallest absolute Gasteiger partial charge is 0.260 e.